The maximum atomic E-state index is 12.5. The van der Waals surface area contributed by atoms with E-state index in [4.69, 9.17) is 26.3 Å². The molecule has 2 atom stereocenters. The Morgan fingerprint density at radius 3 is 2.47 bits per heavy atom. The number of rotatable bonds is 2. The highest BCUT2D eigenvalue weighted by atomic mass is 35.5. The van der Waals surface area contributed by atoms with Gasteiger partial charge in [-0.05, 0) is 11.3 Å². The minimum Gasteiger partial charge on any atom is -0.481 e. The van der Waals surface area contributed by atoms with Crippen molar-refractivity contribution in [2.75, 3.05) is 0 Å². The minimum absolute atomic E-state index is 0.147. The predicted octanol–water partition coefficient (Wildman–Crippen LogP) is 3.03. The number of halogens is 4. The molecule has 1 aliphatic carbocycles. The summed E-state index contributed by atoms with van der Waals surface area (Å²) >= 11 is 4.93. The predicted molar refractivity (Wildman–Crippen MR) is 48.4 cm³/mol. The Kier molecular flexibility index (Phi) is 1.26. The molecule has 0 bridgehead atoms. The van der Waals surface area contributed by atoms with Crippen LogP contribution < -0.4 is 0 Å². The van der Waals surface area contributed by atoms with Crippen molar-refractivity contribution in [1.29, 1.82) is 0 Å². The Bertz CT molecular complexity index is 511. The molecule has 2 nitrogen and oxygen atoms in total. The molecule has 0 aromatic rings. The number of aliphatic carboxylic acids is 1. The van der Waals surface area contributed by atoms with E-state index in [2.05, 4.69) is 0 Å². The summed E-state index contributed by atoms with van der Waals surface area (Å²) in [7, 11) is 0. The summed E-state index contributed by atoms with van der Waals surface area (Å²) in [5.74, 6) is -7.41. The van der Waals surface area contributed by atoms with Crippen LogP contribution in [0.1, 0.15) is 23.3 Å². The van der Waals surface area contributed by atoms with Crippen LogP contribution in [0.25, 0.3) is 0 Å². The van der Waals surface area contributed by atoms with Crippen molar-refractivity contribution in [2.24, 2.45) is 17.2 Å². The van der Waals surface area contributed by atoms with E-state index in [-0.39, 0.29) is 6.08 Å². The number of hydrogen-bond acceptors (Lipinski definition) is 1. The minimum atomic E-state index is -5.16. The van der Waals surface area contributed by atoms with Crippen molar-refractivity contribution in [3.8, 4) is 0 Å². The number of allylic oxidation sites excluding steroid dienone is 2. The van der Waals surface area contributed by atoms with E-state index in [1.54, 1.807) is 0 Å². The van der Waals surface area contributed by atoms with E-state index in [0.29, 0.717) is 0 Å². The van der Waals surface area contributed by atoms with Crippen molar-refractivity contribution >= 4 is 17.6 Å². The fourth-order valence-electron chi connectivity index (χ4n) is 1.09. The molecule has 0 amide bonds. The number of carbonyl (C=O) groups is 1. The lowest BCUT2D eigenvalue weighted by Gasteiger charge is -2.04. The molecular weight excluding hydrogens is 233 g/mol. The van der Waals surface area contributed by atoms with Crippen molar-refractivity contribution in [1.82, 2.24) is 0 Å². The average molecular weight is 250 g/mol. The van der Waals surface area contributed by atoms with Gasteiger partial charge < -0.3 is 5.11 Å². The molecule has 1 rings (SSSR count). The zero-order chi connectivity index (χ0) is 17.9. The van der Waals surface area contributed by atoms with Gasteiger partial charge >= 0.3 is 12.1 Å². The molecule has 0 saturated heterocycles. The van der Waals surface area contributed by atoms with Gasteiger partial charge in [0.2, 0.25) is 0 Å². The Labute approximate surface area is 99.6 Å². The lowest BCUT2D eigenvalue weighted by molar-refractivity contribution is -0.139. The molecule has 15 heavy (non-hydrogen) atoms. The second-order valence-corrected chi connectivity index (χ2v) is 3.43. The molecule has 0 heterocycles. The first-order valence-corrected chi connectivity index (χ1v) is 4.01. The summed E-state index contributed by atoms with van der Waals surface area (Å²) in [5.41, 5.74) is -3.18. The average Bonchev–Trinajstić information content (AvgIpc) is 2.76. The maximum absolute atomic E-state index is 12.5. The quantitative estimate of drug-likeness (QED) is 0.817. The molecule has 0 unspecified atom stereocenters. The molecule has 6 heteroatoms. The molecule has 86 valence electrons. The molecule has 0 spiro atoms. The summed E-state index contributed by atoms with van der Waals surface area (Å²) in [6.07, 6.45) is -5.30. The lowest BCUT2D eigenvalue weighted by atomic mass is 10.1. The van der Waals surface area contributed by atoms with Crippen molar-refractivity contribution in [2.45, 2.75) is 19.9 Å². The van der Waals surface area contributed by atoms with E-state index in [1.165, 1.54) is 0 Å². The van der Waals surface area contributed by atoms with Gasteiger partial charge in [-0.15, -0.1) is 0 Å². The highest BCUT2D eigenvalue weighted by Gasteiger charge is 2.61. The van der Waals surface area contributed by atoms with Crippen molar-refractivity contribution in [3.05, 3.63) is 11.1 Å². The first-order valence-electron chi connectivity index (χ1n) is 7.13. The Balaban J connectivity index is 3.62. The first-order chi connectivity index (χ1) is 9.44. The second-order valence-electron chi connectivity index (χ2n) is 3.02. The van der Waals surface area contributed by atoms with Crippen molar-refractivity contribution < 1.29 is 32.7 Å². The maximum Gasteiger partial charge on any atom is 0.426 e. The Morgan fingerprint density at radius 2 is 2.20 bits per heavy atom. The van der Waals surface area contributed by atoms with Crippen LogP contribution >= 0.6 is 11.6 Å². The molecule has 1 saturated carbocycles. The van der Waals surface area contributed by atoms with E-state index in [0.717, 1.165) is 0 Å². The van der Waals surface area contributed by atoms with Crippen LogP contribution in [0.2, 0.25) is 0 Å². The Morgan fingerprint density at radius 1 is 1.67 bits per heavy atom. The fourth-order valence-corrected chi connectivity index (χ4v) is 1.20. The molecule has 0 aromatic heterocycles. The van der Waals surface area contributed by atoms with Gasteiger partial charge in [0.05, 0.1) is 5.92 Å². The molecule has 1 N–H and O–H groups in total. The normalized spacial score (nSPS) is 43.6. The van der Waals surface area contributed by atoms with Crippen LogP contribution in [0.3, 0.4) is 0 Å². The Hall–Kier alpha value is -0.710. The number of hydrogen-bond donors (Lipinski definition) is 1. The highest BCUT2D eigenvalue weighted by molar-refractivity contribution is 6.30. The van der Waals surface area contributed by atoms with Gasteiger partial charge in [0.1, 0.15) is 5.03 Å². The van der Waals surface area contributed by atoms with Crippen LogP contribution in [0.5, 0.6) is 0 Å². The van der Waals surface area contributed by atoms with E-state index in [9.17, 15) is 18.0 Å². The van der Waals surface area contributed by atoms with E-state index in [1.807, 2.05) is 0 Å². The van der Waals surface area contributed by atoms with Crippen LogP contribution in [-0.2, 0) is 4.79 Å². The molecule has 0 aromatic carbocycles. The van der Waals surface area contributed by atoms with Crippen LogP contribution in [-0.4, -0.2) is 17.3 Å². The van der Waals surface area contributed by atoms with Crippen molar-refractivity contribution in [3.63, 3.8) is 0 Å². The van der Waals surface area contributed by atoms with E-state index >= 15 is 0 Å². The topological polar surface area (TPSA) is 37.3 Å². The standard InChI is InChI=1S/C9H10ClF3O2/c1-8(2)4(6(8)7(14)15)3-5(10)9(11,12)13/h3-4,6H,1-2H3,(H,14,15)/b5-3-/t4-,6-/m0/s1/i1D3,2D3,4D. The third kappa shape index (κ3) is 2.27. The number of carboxylic acids is 1. The first kappa shape index (κ1) is 5.57. The van der Waals surface area contributed by atoms with Gasteiger partial charge in [-0.3, -0.25) is 4.79 Å². The summed E-state index contributed by atoms with van der Waals surface area (Å²) in [6, 6.07) is 0. The fraction of sp³-hybridized carbons (Fsp3) is 0.667. The van der Waals surface area contributed by atoms with Gasteiger partial charge in [0.15, 0.2) is 0 Å². The zero-order valence-corrected chi connectivity index (χ0v) is 7.78. The smallest absolute Gasteiger partial charge is 0.426 e. The summed E-state index contributed by atoms with van der Waals surface area (Å²) in [6.45, 7) is -7.02. The third-order valence-corrected chi connectivity index (χ3v) is 2.24. The molecule has 1 fully saturated rings. The zero-order valence-electron chi connectivity index (χ0n) is 14.0. The largest absolute Gasteiger partial charge is 0.481 e. The van der Waals surface area contributed by atoms with Crippen LogP contribution in [0, 0.1) is 17.2 Å². The number of alkyl halides is 3. The molecule has 0 aliphatic heterocycles. The van der Waals surface area contributed by atoms with Gasteiger partial charge in [-0.1, -0.05) is 31.4 Å². The summed E-state index contributed by atoms with van der Waals surface area (Å²) in [4.78, 5) is 11.1. The molecule has 0 radical (unpaired) electrons. The van der Waals surface area contributed by atoms with Gasteiger partial charge in [-0.25, -0.2) is 0 Å². The van der Waals surface area contributed by atoms with E-state index < -0.39 is 48.1 Å². The summed E-state index contributed by atoms with van der Waals surface area (Å²) < 4.78 is 88.8. The number of carboxylic acid groups (broad SMARTS) is 1. The highest BCUT2D eigenvalue weighted by Crippen LogP contribution is 2.60. The van der Waals surface area contributed by atoms with Gasteiger partial charge in [-0.2, -0.15) is 13.2 Å². The third-order valence-electron chi connectivity index (χ3n) is 1.92. The second kappa shape index (κ2) is 3.40. The molecule has 1 aliphatic rings. The van der Waals surface area contributed by atoms with Crippen LogP contribution in [0.4, 0.5) is 13.2 Å². The van der Waals surface area contributed by atoms with Crippen LogP contribution in [0.15, 0.2) is 11.1 Å². The SMILES string of the molecule is [2H]C([2H])([2H])C1(C([2H])([2H])[2H])[C@H](C(=O)O)[C@]1([2H])/C=C(\Cl)C(F)(F)F. The van der Waals surface area contributed by atoms with Gasteiger partial charge in [0, 0.05) is 9.60 Å². The monoisotopic (exact) mass is 249 g/mol. The summed E-state index contributed by atoms with van der Waals surface area (Å²) in [5, 5.41) is 7.05. The molecular formula is C9H10ClF3O2. The lowest BCUT2D eigenvalue weighted by Crippen LogP contribution is -2.07. The van der Waals surface area contributed by atoms with Gasteiger partial charge in [0.25, 0.3) is 0 Å².